The lowest BCUT2D eigenvalue weighted by molar-refractivity contribution is -0.121. The Morgan fingerprint density at radius 3 is 2.74 bits per heavy atom. The highest BCUT2D eigenvalue weighted by molar-refractivity contribution is 5.82. The van der Waals surface area contributed by atoms with Crippen molar-refractivity contribution in [3.63, 3.8) is 0 Å². The lowest BCUT2D eigenvalue weighted by Gasteiger charge is -2.24. The molecule has 0 aliphatic carbocycles. The predicted molar refractivity (Wildman–Crippen MR) is 91.5 cm³/mol. The summed E-state index contributed by atoms with van der Waals surface area (Å²) in [6.07, 6.45) is 4.19. The van der Waals surface area contributed by atoms with Crippen molar-refractivity contribution in [2.24, 2.45) is 0 Å². The molecule has 0 unspecified atom stereocenters. The Bertz CT molecular complexity index is 747. The fraction of sp³-hybridized carbons (Fsp3) is 0.444. The molecule has 2 heterocycles. The third-order valence-corrected chi connectivity index (χ3v) is 4.56. The summed E-state index contributed by atoms with van der Waals surface area (Å²) in [5.74, 6) is -0.0233. The number of pyridine rings is 1. The Balaban J connectivity index is 1.64. The van der Waals surface area contributed by atoms with Crippen molar-refractivity contribution < 1.29 is 4.79 Å². The normalized spacial score (nSPS) is 16.6. The Morgan fingerprint density at radius 1 is 1.22 bits per heavy atom. The molecule has 122 valence electrons. The molecule has 3 rings (SSSR count). The van der Waals surface area contributed by atoms with Crippen molar-refractivity contribution in [2.45, 2.75) is 32.4 Å². The molecular weight excluding hydrogens is 290 g/mol. The Kier molecular flexibility index (Phi) is 4.76. The maximum Gasteiger partial charge on any atom is 0.239 e. The number of rotatable bonds is 5. The van der Waals surface area contributed by atoms with E-state index in [2.05, 4.69) is 17.1 Å². The quantitative estimate of drug-likeness (QED) is 0.912. The number of carbonyl (C=O) groups is 1. The van der Waals surface area contributed by atoms with Crippen LogP contribution in [0.4, 0.5) is 0 Å². The summed E-state index contributed by atoms with van der Waals surface area (Å²) < 4.78 is 1.83. The van der Waals surface area contributed by atoms with E-state index in [1.165, 1.54) is 18.9 Å². The number of nitrogens with zero attached hydrogens (tertiary/aromatic N) is 2. The van der Waals surface area contributed by atoms with E-state index in [0.29, 0.717) is 18.0 Å². The molecule has 0 radical (unpaired) electrons. The first-order chi connectivity index (χ1) is 11.1. The van der Waals surface area contributed by atoms with Gasteiger partial charge in [-0.2, -0.15) is 0 Å². The molecule has 5 nitrogen and oxygen atoms in total. The van der Waals surface area contributed by atoms with Gasteiger partial charge in [-0.15, -0.1) is 0 Å². The number of likely N-dealkylation sites (tertiary alicyclic amines) is 1. The molecular formula is C18H23N3O2. The molecule has 1 aromatic heterocycles. The van der Waals surface area contributed by atoms with E-state index >= 15 is 0 Å². The van der Waals surface area contributed by atoms with Crippen LogP contribution >= 0.6 is 0 Å². The number of hydrogen-bond acceptors (Lipinski definition) is 3. The zero-order valence-corrected chi connectivity index (χ0v) is 13.5. The van der Waals surface area contributed by atoms with Crippen LogP contribution in [-0.2, 0) is 11.3 Å². The van der Waals surface area contributed by atoms with Gasteiger partial charge in [-0.25, -0.2) is 0 Å². The van der Waals surface area contributed by atoms with Gasteiger partial charge >= 0.3 is 0 Å². The third kappa shape index (κ3) is 3.62. The number of nitrogens with one attached hydrogen (secondary N) is 1. The summed E-state index contributed by atoms with van der Waals surface area (Å²) in [6, 6.07) is 9.27. The Labute approximate surface area is 135 Å². The maximum absolute atomic E-state index is 12.2. The molecule has 0 saturated carbocycles. The smallest absolute Gasteiger partial charge is 0.239 e. The molecule has 1 amide bonds. The molecule has 0 spiro atoms. The van der Waals surface area contributed by atoms with Gasteiger partial charge in [-0.3, -0.25) is 14.5 Å². The minimum absolute atomic E-state index is 0.0140. The fourth-order valence-electron chi connectivity index (χ4n) is 3.18. The molecule has 1 N–H and O–H groups in total. The first-order valence-electron chi connectivity index (χ1n) is 8.24. The minimum Gasteiger partial charge on any atom is -0.353 e. The Hall–Kier alpha value is -2.14. The van der Waals surface area contributed by atoms with Crippen molar-refractivity contribution in [1.82, 2.24) is 14.8 Å². The van der Waals surface area contributed by atoms with Crippen molar-refractivity contribution >= 4 is 16.8 Å². The van der Waals surface area contributed by atoms with Gasteiger partial charge in [-0.05, 0) is 45.0 Å². The standard InChI is InChI=1S/C18H23N3O2/c1-14(20-9-4-5-10-20)12-19-18(23)13-21-11-8-17(22)15-6-2-3-7-16(15)21/h2-3,6-8,11,14H,4-5,9-10,12-13H2,1H3,(H,19,23)/t14-/m1/s1. The van der Waals surface area contributed by atoms with Crippen molar-refractivity contribution in [1.29, 1.82) is 0 Å². The number of fused-ring (bicyclic) bond motifs is 1. The number of para-hydroxylation sites is 1. The number of hydrogen-bond donors (Lipinski definition) is 1. The van der Waals surface area contributed by atoms with E-state index in [1.54, 1.807) is 12.3 Å². The highest BCUT2D eigenvalue weighted by Gasteiger charge is 2.18. The zero-order chi connectivity index (χ0) is 16.2. The van der Waals surface area contributed by atoms with Crippen LogP contribution in [0, 0.1) is 0 Å². The molecule has 1 aliphatic rings. The lowest BCUT2D eigenvalue weighted by Crippen LogP contribution is -2.41. The Morgan fingerprint density at radius 2 is 1.96 bits per heavy atom. The molecule has 1 atom stereocenters. The van der Waals surface area contributed by atoms with Crippen molar-refractivity contribution in [3.05, 3.63) is 46.8 Å². The summed E-state index contributed by atoms with van der Waals surface area (Å²) in [6.45, 7) is 5.30. The number of amides is 1. The number of benzene rings is 1. The van der Waals surface area contributed by atoms with Gasteiger partial charge in [0.1, 0.15) is 6.54 Å². The van der Waals surface area contributed by atoms with E-state index < -0.39 is 0 Å². The van der Waals surface area contributed by atoms with E-state index in [4.69, 9.17) is 0 Å². The van der Waals surface area contributed by atoms with Gasteiger partial charge in [0.05, 0.1) is 5.52 Å². The molecule has 2 aromatic rings. The van der Waals surface area contributed by atoms with Crippen LogP contribution in [0.1, 0.15) is 19.8 Å². The summed E-state index contributed by atoms with van der Waals surface area (Å²) >= 11 is 0. The second kappa shape index (κ2) is 6.96. The lowest BCUT2D eigenvalue weighted by atomic mass is 10.2. The van der Waals surface area contributed by atoms with Crippen LogP contribution in [0.3, 0.4) is 0 Å². The second-order valence-corrected chi connectivity index (χ2v) is 6.22. The van der Waals surface area contributed by atoms with Crippen LogP contribution in [-0.4, -0.2) is 41.1 Å². The molecule has 1 aliphatic heterocycles. The third-order valence-electron chi connectivity index (χ3n) is 4.56. The highest BCUT2D eigenvalue weighted by atomic mass is 16.2. The van der Waals surface area contributed by atoms with E-state index in [-0.39, 0.29) is 17.9 Å². The van der Waals surface area contributed by atoms with E-state index in [9.17, 15) is 9.59 Å². The van der Waals surface area contributed by atoms with Gasteiger partial charge in [0, 0.05) is 30.2 Å². The summed E-state index contributed by atoms with van der Waals surface area (Å²) in [5.41, 5.74) is 0.780. The average Bonchev–Trinajstić information content (AvgIpc) is 3.10. The van der Waals surface area contributed by atoms with Crippen molar-refractivity contribution in [3.8, 4) is 0 Å². The van der Waals surface area contributed by atoms with Crippen LogP contribution in [0.15, 0.2) is 41.3 Å². The van der Waals surface area contributed by atoms with Gasteiger partial charge in [0.25, 0.3) is 0 Å². The molecule has 1 aromatic carbocycles. The van der Waals surface area contributed by atoms with Gasteiger partial charge in [0.15, 0.2) is 5.43 Å². The molecule has 1 saturated heterocycles. The number of aromatic nitrogens is 1. The SMILES string of the molecule is C[C@H](CNC(=O)Cn1ccc(=O)c2ccccc21)N1CCCC1. The topological polar surface area (TPSA) is 54.3 Å². The van der Waals surface area contributed by atoms with Gasteiger partial charge in [0.2, 0.25) is 5.91 Å². The molecule has 5 heteroatoms. The first kappa shape index (κ1) is 15.7. The zero-order valence-electron chi connectivity index (χ0n) is 13.5. The molecule has 0 bridgehead atoms. The van der Waals surface area contributed by atoms with Crippen LogP contribution in [0.2, 0.25) is 0 Å². The van der Waals surface area contributed by atoms with E-state index in [1.807, 2.05) is 22.8 Å². The highest BCUT2D eigenvalue weighted by Crippen LogP contribution is 2.11. The van der Waals surface area contributed by atoms with Gasteiger partial charge in [-0.1, -0.05) is 12.1 Å². The number of carbonyl (C=O) groups excluding carboxylic acids is 1. The average molecular weight is 313 g/mol. The first-order valence-corrected chi connectivity index (χ1v) is 8.24. The molecule has 23 heavy (non-hydrogen) atoms. The maximum atomic E-state index is 12.2. The van der Waals surface area contributed by atoms with E-state index in [0.717, 1.165) is 18.6 Å². The summed E-state index contributed by atoms with van der Waals surface area (Å²) in [5, 5.41) is 3.65. The molecule has 1 fully saturated rings. The largest absolute Gasteiger partial charge is 0.353 e. The fourth-order valence-corrected chi connectivity index (χ4v) is 3.18. The summed E-state index contributed by atoms with van der Waals surface area (Å²) in [4.78, 5) is 26.5. The van der Waals surface area contributed by atoms with Crippen LogP contribution in [0.5, 0.6) is 0 Å². The summed E-state index contributed by atoms with van der Waals surface area (Å²) in [7, 11) is 0. The predicted octanol–water partition coefficient (Wildman–Crippen LogP) is 1.60. The van der Waals surface area contributed by atoms with Crippen LogP contribution < -0.4 is 10.7 Å². The second-order valence-electron chi connectivity index (χ2n) is 6.22. The van der Waals surface area contributed by atoms with Crippen molar-refractivity contribution in [2.75, 3.05) is 19.6 Å². The van der Waals surface area contributed by atoms with Gasteiger partial charge < -0.3 is 9.88 Å². The van der Waals surface area contributed by atoms with Crippen LogP contribution in [0.25, 0.3) is 10.9 Å². The monoisotopic (exact) mass is 313 g/mol. The minimum atomic E-state index is -0.0233.